The third-order valence-corrected chi connectivity index (χ3v) is 7.05. The predicted octanol–water partition coefficient (Wildman–Crippen LogP) is 2.53. The number of rotatable bonds is 12. The highest BCUT2D eigenvalue weighted by atomic mass is 35.5. The van der Waals surface area contributed by atoms with E-state index < -0.39 is 40.1 Å². The molecule has 31 heavy (non-hydrogen) atoms. The number of benzene rings is 1. The van der Waals surface area contributed by atoms with Crippen LogP contribution in [0.15, 0.2) is 36.4 Å². The van der Waals surface area contributed by atoms with E-state index in [-0.39, 0.29) is 17.2 Å². The van der Waals surface area contributed by atoms with Crippen LogP contribution >= 0.6 is 34.7 Å². The number of halogens is 1. The highest BCUT2D eigenvalue weighted by molar-refractivity contribution is 7.99. The number of carboxylic acids is 1. The smallest absolute Gasteiger partial charge is 0.305 e. The van der Waals surface area contributed by atoms with Gasteiger partial charge in [0.05, 0.1) is 29.3 Å². The molecule has 3 N–H and O–H groups in total. The van der Waals surface area contributed by atoms with Crippen molar-refractivity contribution in [1.82, 2.24) is 10.0 Å². The lowest BCUT2D eigenvalue weighted by Gasteiger charge is -2.15. The molecule has 12 heteroatoms. The average molecular weight is 505 g/mol. The van der Waals surface area contributed by atoms with Gasteiger partial charge in [0, 0.05) is 22.2 Å². The second-order valence-corrected chi connectivity index (χ2v) is 10.9. The maximum absolute atomic E-state index is 12.5. The minimum atomic E-state index is -3.37. The molecule has 0 spiro atoms. The Balaban J connectivity index is 1.96. The number of amides is 1. The Labute approximate surface area is 193 Å². The van der Waals surface area contributed by atoms with Gasteiger partial charge < -0.3 is 10.4 Å². The van der Waals surface area contributed by atoms with E-state index in [9.17, 15) is 22.8 Å². The van der Waals surface area contributed by atoms with Gasteiger partial charge in [-0.25, -0.2) is 13.1 Å². The van der Waals surface area contributed by atoms with Crippen LogP contribution in [0, 0.1) is 0 Å². The standard InChI is InChI=1S/C19H21ClN2O6S3/c1-31(27,28)21-9-13-6-7-17(30-13)19(26)22-15(8-18(24)25)16(23)11-29-10-12-4-2-3-5-14(12)20/h2-7,15,21H,8-11H2,1H3,(H,22,26)(H,24,25). The quantitative estimate of drug-likeness (QED) is 0.405. The lowest BCUT2D eigenvalue weighted by Crippen LogP contribution is -2.43. The number of ketones is 1. The zero-order valence-corrected chi connectivity index (χ0v) is 19.7. The molecule has 0 bridgehead atoms. The van der Waals surface area contributed by atoms with E-state index in [0.29, 0.717) is 15.7 Å². The summed E-state index contributed by atoms with van der Waals surface area (Å²) in [4.78, 5) is 37.0. The highest BCUT2D eigenvalue weighted by Crippen LogP contribution is 2.21. The van der Waals surface area contributed by atoms with Crippen molar-refractivity contribution in [3.63, 3.8) is 0 Å². The van der Waals surface area contributed by atoms with Crippen LogP contribution in [0.2, 0.25) is 5.02 Å². The van der Waals surface area contributed by atoms with E-state index in [2.05, 4.69) is 10.0 Å². The Bertz CT molecular complexity index is 1050. The largest absolute Gasteiger partial charge is 0.481 e. The minimum absolute atomic E-state index is 0.0113. The number of hydrogen-bond donors (Lipinski definition) is 3. The van der Waals surface area contributed by atoms with Gasteiger partial charge in [-0.05, 0) is 23.8 Å². The number of hydrogen-bond acceptors (Lipinski definition) is 7. The van der Waals surface area contributed by atoms with Crippen LogP contribution < -0.4 is 10.0 Å². The van der Waals surface area contributed by atoms with Gasteiger partial charge in [-0.3, -0.25) is 14.4 Å². The van der Waals surface area contributed by atoms with Crippen molar-refractivity contribution in [2.75, 3.05) is 12.0 Å². The second kappa shape index (κ2) is 11.6. The molecule has 2 aromatic rings. The predicted molar refractivity (Wildman–Crippen MR) is 122 cm³/mol. The molecule has 0 aliphatic heterocycles. The van der Waals surface area contributed by atoms with Crippen LogP contribution in [-0.2, 0) is 31.9 Å². The molecule has 168 valence electrons. The molecule has 0 aliphatic carbocycles. The van der Waals surface area contributed by atoms with Crippen molar-refractivity contribution >= 4 is 62.4 Å². The van der Waals surface area contributed by atoms with Crippen molar-refractivity contribution in [2.24, 2.45) is 0 Å². The summed E-state index contributed by atoms with van der Waals surface area (Å²) in [6.45, 7) is 0.0347. The van der Waals surface area contributed by atoms with Gasteiger partial charge in [-0.15, -0.1) is 23.1 Å². The highest BCUT2D eigenvalue weighted by Gasteiger charge is 2.24. The topological polar surface area (TPSA) is 130 Å². The van der Waals surface area contributed by atoms with Crippen LogP contribution in [0.4, 0.5) is 0 Å². The first kappa shape index (κ1) is 25.3. The molecule has 0 fully saturated rings. The summed E-state index contributed by atoms with van der Waals surface area (Å²) in [5.74, 6) is -1.73. The maximum Gasteiger partial charge on any atom is 0.305 e. The first-order valence-electron chi connectivity index (χ1n) is 8.95. The number of sulfonamides is 1. The molecule has 1 aromatic heterocycles. The molecule has 0 saturated heterocycles. The monoisotopic (exact) mass is 504 g/mol. The fraction of sp³-hybridized carbons (Fsp3) is 0.316. The molecular weight excluding hydrogens is 484 g/mol. The van der Waals surface area contributed by atoms with Crippen molar-refractivity contribution in [3.05, 3.63) is 56.7 Å². The maximum atomic E-state index is 12.5. The fourth-order valence-corrected chi connectivity index (χ4v) is 5.04. The van der Waals surface area contributed by atoms with E-state index in [4.69, 9.17) is 16.7 Å². The van der Waals surface area contributed by atoms with Crippen LogP contribution in [0.1, 0.15) is 26.5 Å². The summed E-state index contributed by atoms with van der Waals surface area (Å²) in [5, 5.41) is 12.2. The zero-order valence-electron chi connectivity index (χ0n) is 16.5. The molecule has 1 aromatic carbocycles. The third-order valence-electron chi connectivity index (χ3n) is 3.93. The Morgan fingerprint density at radius 2 is 1.90 bits per heavy atom. The van der Waals surface area contributed by atoms with Gasteiger partial charge in [0.2, 0.25) is 10.0 Å². The molecule has 1 atom stereocenters. The van der Waals surface area contributed by atoms with Gasteiger partial charge in [0.1, 0.15) is 0 Å². The van der Waals surface area contributed by atoms with Gasteiger partial charge in [-0.2, -0.15) is 0 Å². The van der Waals surface area contributed by atoms with Gasteiger partial charge >= 0.3 is 5.97 Å². The average Bonchev–Trinajstić information content (AvgIpc) is 3.15. The molecule has 0 saturated carbocycles. The lowest BCUT2D eigenvalue weighted by atomic mass is 10.1. The normalized spacial score (nSPS) is 12.3. The SMILES string of the molecule is CS(=O)(=O)NCc1ccc(C(=O)NC(CC(=O)O)C(=O)CSCc2ccccc2Cl)s1. The minimum Gasteiger partial charge on any atom is -0.481 e. The molecule has 1 unspecified atom stereocenters. The van der Waals surface area contributed by atoms with E-state index >= 15 is 0 Å². The molecule has 1 amide bonds. The van der Waals surface area contributed by atoms with Crippen molar-refractivity contribution < 1.29 is 27.9 Å². The summed E-state index contributed by atoms with van der Waals surface area (Å²) in [7, 11) is -3.37. The van der Waals surface area contributed by atoms with Crippen LogP contribution in [-0.4, -0.2) is 49.2 Å². The molecule has 1 heterocycles. The van der Waals surface area contributed by atoms with E-state index in [1.54, 1.807) is 18.2 Å². The summed E-state index contributed by atoms with van der Waals surface area (Å²) >= 11 is 8.42. The number of thioether (sulfide) groups is 1. The number of nitrogens with one attached hydrogen (secondary N) is 2. The van der Waals surface area contributed by atoms with Crippen LogP contribution in [0.5, 0.6) is 0 Å². The van der Waals surface area contributed by atoms with Gasteiger partial charge in [0.25, 0.3) is 5.91 Å². The number of thiophene rings is 1. The Morgan fingerprint density at radius 3 is 2.55 bits per heavy atom. The number of Topliss-reactive ketones (excluding diaryl/α,β-unsaturated/α-hetero) is 1. The zero-order chi connectivity index (χ0) is 23.0. The second-order valence-electron chi connectivity index (χ2n) is 6.53. The molecule has 2 rings (SSSR count). The third kappa shape index (κ3) is 8.99. The Kier molecular flexibility index (Phi) is 9.51. The lowest BCUT2D eigenvalue weighted by molar-refractivity contribution is -0.139. The number of carbonyl (C=O) groups excluding carboxylic acids is 2. The molecular formula is C19H21ClN2O6S3. The first-order chi connectivity index (χ1) is 14.5. The van der Waals surface area contributed by atoms with Crippen molar-refractivity contribution in [1.29, 1.82) is 0 Å². The number of carboxylic acid groups (broad SMARTS) is 1. The van der Waals surface area contributed by atoms with Gasteiger partial charge in [-0.1, -0.05) is 29.8 Å². The fourth-order valence-electron chi connectivity index (χ4n) is 2.42. The Hall–Kier alpha value is -1.92. The van der Waals surface area contributed by atoms with Crippen LogP contribution in [0.3, 0.4) is 0 Å². The summed E-state index contributed by atoms with van der Waals surface area (Å²) in [6.07, 6.45) is 0.491. The summed E-state index contributed by atoms with van der Waals surface area (Å²) < 4.78 is 24.7. The summed E-state index contributed by atoms with van der Waals surface area (Å²) in [6, 6.07) is 9.12. The number of carbonyl (C=O) groups is 3. The van der Waals surface area contributed by atoms with Crippen LogP contribution in [0.25, 0.3) is 0 Å². The molecule has 8 nitrogen and oxygen atoms in total. The van der Waals surface area contributed by atoms with E-state index in [1.807, 2.05) is 12.1 Å². The first-order valence-corrected chi connectivity index (χ1v) is 13.2. The summed E-state index contributed by atoms with van der Waals surface area (Å²) in [5.41, 5.74) is 0.856. The molecule has 0 aliphatic rings. The van der Waals surface area contributed by atoms with Gasteiger partial charge in [0.15, 0.2) is 5.78 Å². The van der Waals surface area contributed by atoms with E-state index in [1.165, 1.54) is 17.8 Å². The Morgan fingerprint density at radius 1 is 1.19 bits per heavy atom. The van der Waals surface area contributed by atoms with Crippen molar-refractivity contribution in [2.45, 2.75) is 24.8 Å². The van der Waals surface area contributed by atoms with Crippen molar-refractivity contribution in [3.8, 4) is 0 Å². The molecule has 0 radical (unpaired) electrons. The number of aliphatic carboxylic acids is 1. The van der Waals surface area contributed by atoms with E-state index in [0.717, 1.165) is 23.2 Å².